The molecule has 0 spiro atoms. The summed E-state index contributed by atoms with van der Waals surface area (Å²) in [6.45, 7) is 3.95. The van der Waals surface area contributed by atoms with E-state index >= 15 is 0 Å². The molecule has 4 heterocycles. The third-order valence-corrected chi connectivity index (χ3v) is 8.73. The summed E-state index contributed by atoms with van der Waals surface area (Å²) < 4.78 is 4.36. The van der Waals surface area contributed by atoms with Gasteiger partial charge in [-0.3, -0.25) is 4.57 Å². The Morgan fingerprint density at radius 1 is 1.00 bits per heavy atom. The van der Waals surface area contributed by atoms with E-state index in [0.717, 1.165) is 80.2 Å². The summed E-state index contributed by atoms with van der Waals surface area (Å²) >= 11 is 0. The molecule has 1 saturated carbocycles. The van der Waals surface area contributed by atoms with Crippen molar-refractivity contribution in [3.63, 3.8) is 0 Å². The zero-order valence-electron chi connectivity index (χ0n) is 22.0. The number of benzene rings is 2. The van der Waals surface area contributed by atoms with E-state index in [0.29, 0.717) is 17.5 Å². The number of aliphatic hydroxyl groups excluding tert-OH is 1. The second kappa shape index (κ2) is 9.99. The number of nitrogens with zero attached hydrogens (tertiary/aromatic N) is 6. The third kappa shape index (κ3) is 4.62. The van der Waals surface area contributed by atoms with Crippen molar-refractivity contribution in [2.45, 2.75) is 50.8 Å². The lowest BCUT2D eigenvalue weighted by Gasteiger charge is -2.27. The molecule has 0 radical (unpaired) electrons. The summed E-state index contributed by atoms with van der Waals surface area (Å²) in [5.74, 6) is 1.48. The van der Waals surface area contributed by atoms with Crippen LogP contribution in [0.3, 0.4) is 0 Å². The molecular formula is C31H33N7O. The quantitative estimate of drug-likeness (QED) is 0.358. The Balaban J connectivity index is 1.11. The van der Waals surface area contributed by atoms with Gasteiger partial charge in [0.1, 0.15) is 6.33 Å². The van der Waals surface area contributed by atoms with Crippen LogP contribution in [0.4, 0.5) is 5.69 Å². The topological polar surface area (TPSA) is 94.9 Å². The van der Waals surface area contributed by atoms with E-state index in [-0.39, 0.29) is 6.10 Å². The number of hydrogen-bond donors (Lipinski definition) is 2. The minimum Gasteiger partial charge on any atom is -0.393 e. The van der Waals surface area contributed by atoms with Crippen LogP contribution in [-0.2, 0) is 6.54 Å². The van der Waals surface area contributed by atoms with E-state index in [1.165, 1.54) is 17.7 Å². The molecule has 0 unspecified atom stereocenters. The van der Waals surface area contributed by atoms with E-state index in [1.54, 1.807) is 6.33 Å². The Morgan fingerprint density at radius 3 is 2.67 bits per heavy atom. The highest BCUT2D eigenvalue weighted by Gasteiger charge is 2.27. The number of anilines is 1. The number of hydrogen-bond acceptors (Lipinski definition) is 6. The first-order chi connectivity index (χ1) is 19.1. The van der Waals surface area contributed by atoms with Gasteiger partial charge in [0.25, 0.3) is 0 Å². The van der Waals surface area contributed by atoms with Gasteiger partial charge < -0.3 is 19.9 Å². The summed E-state index contributed by atoms with van der Waals surface area (Å²) in [4.78, 5) is 2.52. The van der Waals surface area contributed by atoms with Gasteiger partial charge >= 0.3 is 0 Å². The highest BCUT2D eigenvalue weighted by Crippen LogP contribution is 2.35. The fraction of sp³-hybridized carbons (Fsp3) is 0.387. The maximum atomic E-state index is 9.78. The lowest BCUT2D eigenvalue weighted by atomic mass is 9.93. The molecule has 198 valence electrons. The minimum absolute atomic E-state index is 0.0995. The summed E-state index contributed by atoms with van der Waals surface area (Å²) in [7, 11) is 0. The van der Waals surface area contributed by atoms with E-state index in [4.69, 9.17) is 5.26 Å². The minimum atomic E-state index is -0.0995. The largest absolute Gasteiger partial charge is 0.393 e. The molecule has 1 aliphatic carbocycles. The molecule has 3 aliphatic rings. The van der Waals surface area contributed by atoms with Crippen molar-refractivity contribution < 1.29 is 5.11 Å². The molecule has 2 aromatic carbocycles. The predicted molar refractivity (Wildman–Crippen MR) is 151 cm³/mol. The van der Waals surface area contributed by atoms with Crippen LogP contribution in [0, 0.1) is 17.2 Å². The van der Waals surface area contributed by atoms with E-state index in [9.17, 15) is 5.11 Å². The van der Waals surface area contributed by atoms with Crippen molar-refractivity contribution in [2.75, 3.05) is 24.5 Å². The van der Waals surface area contributed by atoms with Crippen LogP contribution in [0.15, 0.2) is 61.1 Å². The van der Waals surface area contributed by atoms with E-state index in [1.807, 2.05) is 24.3 Å². The number of nitriles is 1. The van der Waals surface area contributed by atoms with Crippen LogP contribution in [-0.4, -0.2) is 56.2 Å². The Morgan fingerprint density at radius 2 is 1.85 bits per heavy atom. The Labute approximate surface area is 228 Å². The van der Waals surface area contributed by atoms with Crippen molar-refractivity contribution in [3.05, 3.63) is 72.2 Å². The van der Waals surface area contributed by atoms with Crippen LogP contribution >= 0.6 is 0 Å². The highest BCUT2D eigenvalue weighted by molar-refractivity contribution is 5.72. The van der Waals surface area contributed by atoms with Crippen LogP contribution in [0.2, 0.25) is 0 Å². The monoisotopic (exact) mass is 519 g/mol. The Bertz CT molecular complexity index is 1520. The highest BCUT2D eigenvalue weighted by atomic mass is 16.3. The zero-order valence-corrected chi connectivity index (χ0v) is 22.0. The van der Waals surface area contributed by atoms with Crippen molar-refractivity contribution in [1.82, 2.24) is 24.6 Å². The number of fused-ring (bicyclic) bond motifs is 5. The molecule has 7 rings (SSSR count). The van der Waals surface area contributed by atoms with Gasteiger partial charge in [-0.05, 0) is 92.1 Å². The van der Waals surface area contributed by atoms with Gasteiger partial charge in [-0.15, -0.1) is 10.2 Å². The molecule has 4 aromatic rings. The molecule has 8 heteroatoms. The maximum Gasteiger partial charge on any atom is 0.185 e. The number of aromatic nitrogens is 4. The smallest absolute Gasteiger partial charge is 0.185 e. The molecule has 0 bridgehead atoms. The zero-order chi connectivity index (χ0) is 26.3. The Kier molecular flexibility index (Phi) is 6.18. The lowest BCUT2D eigenvalue weighted by Crippen LogP contribution is -2.38. The first-order valence-electron chi connectivity index (χ1n) is 14.1. The van der Waals surface area contributed by atoms with Gasteiger partial charge in [0.15, 0.2) is 5.82 Å². The molecule has 2 fully saturated rings. The van der Waals surface area contributed by atoms with Crippen LogP contribution in [0.1, 0.15) is 43.2 Å². The molecule has 39 heavy (non-hydrogen) atoms. The van der Waals surface area contributed by atoms with E-state index < -0.39 is 0 Å². The summed E-state index contributed by atoms with van der Waals surface area (Å²) in [5, 5.41) is 31.5. The normalized spacial score (nSPS) is 22.1. The van der Waals surface area contributed by atoms with Crippen LogP contribution in [0.5, 0.6) is 0 Å². The lowest BCUT2D eigenvalue weighted by molar-refractivity contribution is 0.116. The fourth-order valence-corrected chi connectivity index (χ4v) is 6.47. The molecule has 2 aromatic heterocycles. The first kappa shape index (κ1) is 24.1. The van der Waals surface area contributed by atoms with Gasteiger partial charge in [-0.2, -0.15) is 5.26 Å². The SMILES string of the molecule is N#Cc1ccc(-c2cc3n(c2)Cc2cc(N4CC[C@H](CN[C@H]5CC[C@H](O)CC5)C4)ccc2-n2cnnc2-3)cc1. The van der Waals surface area contributed by atoms with Crippen molar-refractivity contribution in [3.8, 4) is 34.4 Å². The van der Waals surface area contributed by atoms with Gasteiger partial charge in [0.05, 0.1) is 29.1 Å². The van der Waals surface area contributed by atoms with Gasteiger partial charge in [0.2, 0.25) is 0 Å². The molecule has 1 atom stereocenters. The second-order valence-corrected chi connectivity index (χ2v) is 11.3. The average molecular weight is 520 g/mol. The summed E-state index contributed by atoms with van der Waals surface area (Å²) in [5.41, 5.74) is 7.52. The number of rotatable bonds is 5. The predicted octanol–water partition coefficient (Wildman–Crippen LogP) is 4.36. The third-order valence-electron chi connectivity index (χ3n) is 8.73. The number of aliphatic hydroxyl groups is 1. The van der Waals surface area contributed by atoms with Crippen molar-refractivity contribution >= 4 is 5.69 Å². The molecular weight excluding hydrogens is 486 g/mol. The molecule has 2 aliphatic heterocycles. The average Bonchev–Trinajstić information content (AvgIpc) is 3.72. The molecule has 0 amide bonds. The molecule has 2 N–H and O–H groups in total. The first-order valence-corrected chi connectivity index (χ1v) is 14.1. The van der Waals surface area contributed by atoms with Gasteiger partial charge in [0, 0.05) is 43.1 Å². The Hall–Kier alpha value is -3.93. The number of nitrogens with one attached hydrogen (secondary N) is 1. The molecule has 8 nitrogen and oxygen atoms in total. The maximum absolute atomic E-state index is 9.78. The van der Waals surface area contributed by atoms with Gasteiger partial charge in [-0.1, -0.05) is 12.1 Å². The van der Waals surface area contributed by atoms with Crippen molar-refractivity contribution in [1.29, 1.82) is 5.26 Å². The van der Waals surface area contributed by atoms with Crippen LogP contribution < -0.4 is 10.2 Å². The fourth-order valence-electron chi connectivity index (χ4n) is 6.47. The standard InChI is InChI=1S/C31H33N7O/c32-15-21-1-3-23(4-2-21)24-14-30-31-35-34-20-38(31)29-10-7-27(13-25(29)19-37(30)18-24)36-12-11-22(17-36)16-33-26-5-8-28(39)9-6-26/h1-4,7,10,13-14,18,20,22,26,28,33,39H,5-6,8-9,11-12,16-17,19H2/t22-,26-,28-/m1/s1. The van der Waals surface area contributed by atoms with E-state index in [2.05, 4.69) is 66.1 Å². The van der Waals surface area contributed by atoms with Crippen LogP contribution in [0.25, 0.3) is 28.3 Å². The van der Waals surface area contributed by atoms with Crippen molar-refractivity contribution in [2.24, 2.45) is 5.92 Å². The summed E-state index contributed by atoms with van der Waals surface area (Å²) in [6.07, 6.45) is 9.11. The summed E-state index contributed by atoms with van der Waals surface area (Å²) in [6, 6.07) is 19.4. The second-order valence-electron chi connectivity index (χ2n) is 11.3. The molecule has 1 saturated heterocycles. The van der Waals surface area contributed by atoms with Gasteiger partial charge in [-0.25, -0.2) is 0 Å².